The Morgan fingerprint density at radius 3 is 3.17 bits per heavy atom. The van der Waals surface area contributed by atoms with Crippen molar-refractivity contribution in [3.05, 3.63) is 16.1 Å². The molecule has 5 nitrogen and oxygen atoms in total. The van der Waals surface area contributed by atoms with Crippen LogP contribution in [0.5, 0.6) is 0 Å². The summed E-state index contributed by atoms with van der Waals surface area (Å²) in [7, 11) is 1.80. The Morgan fingerprint density at radius 2 is 2.56 bits per heavy atom. The molecule has 0 saturated carbocycles. The lowest BCUT2D eigenvalue weighted by atomic mass is 10.2. The van der Waals surface area contributed by atoms with Gasteiger partial charge in [0.15, 0.2) is 0 Å². The Kier molecular flexibility index (Phi) is 4.54. The minimum absolute atomic E-state index is 0.0571. The summed E-state index contributed by atoms with van der Waals surface area (Å²) in [5.41, 5.74) is 2.81. The van der Waals surface area contributed by atoms with Crippen LogP contribution in [0.25, 0.3) is 0 Å². The number of hydrogen-bond acceptors (Lipinski definition) is 4. The largest absolute Gasteiger partial charge is 0.376 e. The maximum atomic E-state index is 11.9. The smallest absolute Gasteiger partial charge is 0.317 e. The fourth-order valence-electron chi connectivity index (χ4n) is 1.91. The first-order valence-corrected chi connectivity index (χ1v) is 7.04. The highest BCUT2D eigenvalue weighted by Gasteiger charge is 2.17. The van der Waals surface area contributed by atoms with E-state index >= 15 is 0 Å². The van der Waals surface area contributed by atoms with Crippen molar-refractivity contribution >= 4 is 17.4 Å². The van der Waals surface area contributed by atoms with Crippen LogP contribution in [0, 0.1) is 6.92 Å². The molecule has 1 aliphatic rings. The highest BCUT2D eigenvalue weighted by molar-refractivity contribution is 7.09. The van der Waals surface area contributed by atoms with E-state index in [1.54, 1.807) is 23.3 Å². The van der Waals surface area contributed by atoms with Gasteiger partial charge in [-0.25, -0.2) is 9.78 Å². The Labute approximate surface area is 111 Å². The lowest BCUT2D eigenvalue weighted by molar-refractivity contribution is 0.109. The molecule has 100 valence electrons. The molecule has 1 fully saturated rings. The number of carbonyl (C=O) groups excluding carboxylic acids is 1. The molecule has 1 aromatic rings. The minimum atomic E-state index is -0.0571. The highest BCUT2D eigenvalue weighted by atomic mass is 32.1. The Morgan fingerprint density at radius 1 is 1.72 bits per heavy atom. The van der Waals surface area contributed by atoms with Crippen molar-refractivity contribution in [1.82, 2.24) is 15.2 Å². The Hall–Kier alpha value is -1.14. The molecule has 18 heavy (non-hydrogen) atoms. The molecule has 2 amide bonds. The van der Waals surface area contributed by atoms with Gasteiger partial charge in [-0.2, -0.15) is 0 Å². The molecule has 0 aromatic carbocycles. The van der Waals surface area contributed by atoms with Gasteiger partial charge in [-0.15, -0.1) is 11.3 Å². The molecule has 0 aliphatic carbocycles. The van der Waals surface area contributed by atoms with Gasteiger partial charge in [-0.3, -0.25) is 0 Å². The monoisotopic (exact) mass is 269 g/mol. The second-order valence-corrected chi connectivity index (χ2v) is 5.48. The number of hydrogen-bond donors (Lipinski definition) is 1. The van der Waals surface area contributed by atoms with Crippen molar-refractivity contribution in [2.75, 3.05) is 20.2 Å². The summed E-state index contributed by atoms with van der Waals surface area (Å²) in [5.74, 6) is 0. The van der Waals surface area contributed by atoms with Crippen molar-refractivity contribution < 1.29 is 9.53 Å². The number of nitrogens with zero attached hydrogens (tertiary/aromatic N) is 2. The van der Waals surface area contributed by atoms with E-state index in [1.807, 2.05) is 12.4 Å². The van der Waals surface area contributed by atoms with E-state index in [0.29, 0.717) is 13.1 Å². The van der Waals surface area contributed by atoms with Crippen molar-refractivity contribution in [1.29, 1.82) is 0 Å². The number of amides is 2. The van der Waals surface area contributed by atoms with Gasteiger partial charge in [0.1, 0.15) is 0 Å². The SMILES string of the molecule is Cc1ncsc1CN(C)C(=O)NCC1CCCO1. The standard InChI is InChI=1S/C12H19N3O2S/c1-9-11(18-8-14-9)7-15(2)12(16)13-6-10-4-3-5-17-10/h8,10H,3-7H2,1-2H3,(H,13,16). The van der Waals surface area contributed by atoms with Crippen molar-refractivity contribution in [2.45, 2.75) is 32.4 Å². The van der Waals surface area contributed by atoms with Crippen LogP contribution in [0.1, 0.15) is 23.4 Å². The highest BCUT2D eigenvalue weighted by Crippen LogP contribution is 2.14. The van der Waals surface area contributed by atoms with Gasteiger partial charge in [0, 0.05) is 25.1 Å². The van der Waals surface area contributed by atoms with Crippen molar-refractivity contribution in [3.8, 4) is 0 Å². The first-order chi connectivity index (χ1) is 8.66. The molecular weight excluding hydrogens is 250 g/mol. The van der Waals surface area contributed by atoms with Crippen LogP contribution < -0.4 is 5.32 Å². The lowest BCUT2D eigenvalue weighted by Gasteiger charge is -2.19. The third kappa shape index (κ3) is 3.43. The first kappa shape index (κ1) is 13.3. The number of urea groups is 1. The van der Waals surface area contributed by atoms with Gasteiger partial charge in [-0.1, -0.05) is 0 Å². The molecule has 1 unspecified atom stereocenters. The third-order valence-electron chi connectivity index (χ3n) is 3.08. The zero-order chi connectivity index (χ0) is 13.0. The molecule has 0 radical (unpaired) electrons. The molecule has 1 atom stereocenters. The quantitative estimate of drug-likeness (QED) is 0.906. The topological polar surface area (TPSA) is 54.5 Å². The van der Waals surface area contributed by atoms with E-state index < -0.39 is 0 Å². The molecule has 6 heteroatoms. The molecular formula is C12H19N3O2S. The molecule has 1 aliphatic heterocycles. The second kappa shape index (κ2) is 6.15. The summed E-state index contributed by atoms with van der Waals surface area (Å²) in [4.78, 5) is 18.9. The van der Waals surface area contributed by atoms with Gasteiger partial charge < -0.3 is 15.0 Å². The maximum absolute atomic E-state index is 11.9. The first-order valence-electron chi connectivity index (χ1n) is 6.16. The van der Waals surface area contributed by atoms with Crippen LogP contribution >= 0.6 is 11.3 Å². The van der Waals surface area contributed by atoms with Gasteiger partial charge in [0.05, 0.1) is 23.9 Å². The Balaban J connectivity index is 1.76. The van der Waals surface area contributed by atoms with Crippen molar-refractivity contribution in [2.24, 2.45) is 0 Å². The summed E-state index contributed by atoms with van der Waals surface area (Å²) in [6, 6.07) is -0.0571. The lowest BCUT2D eigenvalue weighted by Crippen LogP contribution is -2.40. The summed E-state index contributed by atoms with van der Waals surface area (Å²) in [5, 5.41) is 2.90. The summed E-state index contributed by atoms with van der Waals surface area (Å²) in [6.45, 7) is 3.99. The molecule has 2 rings (SSSR count). The number of aromatic nitrogens is 1. The van der Waals surface area contributed by atoms with E-state index in [4.69, 9.17) is 4.74 Å². The predicted octanol–water partition coefficient (Wildman–Crippen LogP) is 1.77. The van der Waals surface area contributed by atoms with Crippen LogP contribution in [0.2, 0.25) is 0 Å². The van der Waals surface area contributed by atoms with E-state index in [-0.39, 0.29) is 12.1 Å². The molecule has 1 saturated heterocycles. The minimum Gasteiger partial charge on any atom is -0.376 e. The van der Waals surface area contributed by atoms with Crippen LogP contribution in [0.15, 0.2) is 5.51 Å². The second-order valence-electron chi connectivity index (χ2n) is 4.54. The van der Waals surface area contributed by atoms with Crippen LogP contribution in [-0.2, 0) is 11.3 Å². The predicted molar refractivity (Wildman–Crippen MR) is 70.7 cm³/mol. The zero-order valence-corrected chi connectivity index (χ0v) is 11.6. The van der Waals surface area contributed by atoms with E-state index in [2.05, 4.69) is 10.3 Å². The number of ether oxygens (including phenoxy) is 1. The number of aryl methyl sites for hydroxylation is 1. The van der Waals surface area contributed by atoms with E-state index in [9.17, 15) is 4.79 Å². The van der Waals surface area contributed by atoms with E-state index in [1.165, 1.54) is 0 Å². The zero-order valence-electron chi connectivity index (χ0n) is 10.8. The normalized spacial score (nSPS) is 18.9. The fraction of sp³-hybridized carbons (Fsp3) is 0.667. The fourth-order valence-corrected chi connectivity index (χ4v) is 2.74. The van der Waals surface area contributed by atoms with Gasteiger partial charge >= 0.3 is 6.03 Å². The molecule has 2 heterocycles. The molecule has 0 spiro atoms. The third-order valence-corrected chi connectivity index (χ3v) is 4.00. The van der Waals surface area contributed by atoms with Gasteiger partial charge in [0.2, 0.25) is 0 Å². The molecule has 0 bridgehead atoms. The van der Waals surface area contributed by atoms with Crippen molar-refractivity contribution in [3.63, 3.8) is 0 Å². The summed E-state index contributed by atoms with van der Waals surface area (Å²) in [6.07, 6.45) is 2.32. The average molecular weight is 269 g/mol. The number of thiazole rings is 1. The van der Waals surface area contributed by atoms with Gasteiger partial charge in [-0.05, 0) is 19.8 Å². The van der Waals surface area contributed by atoms with Gasteiger partial charge in [0.25, 0.3) is 0 Å². The number of nitrogens with one attached hydrogen (secondary N) is 1. The average Bonchev–Trinajstić information content (AvgIpc) is 2.99. The number of carbonyl (C=O) groups is 1. The summed E-state index contributed by atoms with van der Waals surface area (Å²) < 4.78 is 5.47. The van der Waals surface area contributed by atoms with E-state index in [0.717, 1.165) is 30.0 Å². The maximum Gasteiger partial charge on any atom is 0.317 e. The van der Waals surface area contributed by atoms with Crippen LogP contribution in [0.3, 0.4) is 0 Å². The van der Waals surface area contributed by atoms with Crippen LogP contribution in [-0.4, -0.2) is 42.2 Å². The molecule has 1 aromatic heterocycles. The Bertz CT molecular complexity index is 402. The van der Waals surface area contributed by atoms with Crippen LogP contribution in [0.4, 0.5) is 4.79 Å². The number of rotatable bonds is 4. The summed E-state index contributed by atoms with van der Waals surface area (Å²) >= 11 is 1.58. The molecule has 1 N–H and O–H groups in total.